The number of amides is 1. The van der Waals surface area contributed by atoms with E-state index in [2.05, 4.69) is 52.2 Å². The second-order valence-electron chi connectivity index (χ2n) is 7.52. The quantitative estimate of drug-likeness (QED) is 0.249. The second-order valence-corrected chi connectivity index (χ2v) is 8.76. The Bertz CT molecular complexity index is 1030. The first-order valence-electron chi connectivity index (χ1n) is 10.5. The molecule has 3 aromatic carbocycles. The largest absolute Gasteiger partial charge is 0.482 e. The summed E-state index contributed by atoms with van der Waals surface area (Å²) in [6, 6.07) is 23.8. The minimum Gasteiger partial charge on any atom is -0.482 e. The van der Waals surface area contributed by atoms with E-state index in [1.54, 1.807) is 12.1 Å². The van der Waals surface area contributed by atoms with Crippen molar-refractivity contribution in [3.05, 3.63) is 87.5 Å². The fourth-order valence-corrected chi connectivity index (χ4v) is 3.91. The van der Waals surface area contributed by atoms with E-state index >= 15 is 0 Å². The fourth-order valence-electron chi connectivity index (χ4n) is 3.30. The number of hydrogen-bond donors (Lipinski definition) is 2. The Morgan fingerprint density at radius 3 is 2.22 bits per heavy atom. The summed E-state index contributed by atoms with van der Waals surface area (Å²) >= 11 is 2.32. The molecule has 0 aliphatic rings. The summed E-state index contributed by atoms with van der Waals surface area (Å²) in [6.45, 7) is 0.157. The first kappa shape index (κ1) is 23.8. The molecule has 0 spiro atoms. The molecule has 1 amide bonds. The normalized spacial score (nSPS) is 10.5. The molecule has 5 nitrogen and oxygen atoms in total. The van der Waals surface area contributed by atoms with Gasteiger partial charge in [-0.1, -0.05) is 48.5 Å². The van der Waals surface area contributed by atoms with E-state index < -0.39 is 5.97 Å². The van der Waals surface area contributed by atoms with Crippen LogP contribution >= 0.6 is 22.6 Å². The molecule has 0 heterocycles. The van der Waals surface area contributed by atoms with Crippen LogP contribution in [0.1, 0.15) is 30.4 Å². The highest BCUT2D eigenvalue weighted by atomic mass is 127. The number of carboxylic acids is 1. The molecule has 6 heteroatoms. The molecule has 0 atom stereocenters. The van der Waals surface area contributed by atoms with E-state index in [0.29, 0.717) is 18.7 Å². The molecule has 0 aliphatic heterocycles. The molecule has 0 aliphatic carbocycles. The number of carbonyl (C=O) groups excluding carboxylic acids is 1. The predicted molar refractivity (Wildman–Crippen MR) is 134 cm³/mol. The third-order valence-corrected chi connectivity index (χ3v) is 5.67. The lowest BCUT2D eigenvalue weighted by Gasteiger charge is -2.08. The summed E-state index contributed by atoms with van der Waals surface area (Å²) in [7, 11) is 0. The van der Waals surface area contributed by atoms with Crippen LogP contribution in [0.3, 0.4) is 0 Å². The van der Waals surface area contributed by atoms with Crippen molar-refractivity contribution < 1.29 is 19.4 Å². The number of hydrogen-bond acceptors (Lipinski definition) is 3. The van der Waals surface area contributed by atoms with Gasteiger partial charge in [0.25, 0.3) is 0 Å². The average molecular weight is 543 g/mol. The van der Waals surface area contributed by atoms with Gasteiger partial charge in [0.05, 0.1) is 0 Å². The summed E-state index contributed by atoms with van der Waals surface area (Å²) in [5.74, 6) is -0.401. The lowest BCUT2D eigenvalue weighted by molar-refractivity contribution is -0.139. The van der Waals surface area contributed by atoms with Crippen molar-refractivity contribution >= 4 is 34.5 Å². The van der Waals surface area contributed by atoms with Gasteiger partial charge in [0, 0.05) is 16.5 Å². The maximum atomic E-state index is 12.1. The highest BCUT2D eigenvalue weighted by Crippen LogP contribution is 2.23. The topological polar surface area (TPSA) is 75.6 Å². The molecular formula is C26H26INO4. The van der Waals surface area contributed by atoms with Crippen LogP contribution in [-0.2, 0) is 22.6 Å². The zero-order valence-electron chi connectivity index (χ0n) is 17.7. The van der Waals surface area contributed by atoms with E-state index in [9.17, 15) is 9.59 Å². The molecular weight excluding hydrogens is 517 g/mol. The van der Waals surface area contributed by atoms with Crippen molar-refractivity contribution in [1.29, 1.82) is 0 Å². The van der Waals surface area contributed by atoms with E-state index in [4.69, 9.17) is 9.84 Å². The maximum Gasteiger partial charge on any atom is 0.341 e. The smallest absolute Gasteiger partial charge is 0.341 e. The van der Waals surface area contributed by atoms with Gasteiger partial charge in [-0.3, -0.25) is 4.79 Å². The number of carbonyl (C=O) groups is 2. The Kier molecular flexibility index (Phi) is 9.10. The summed E-state index contributed by atoms with van der Waals surface area (Å²) in [4.78, 5) is 22.7. The van der Waals surface area contributed by atoms with Crippen molar-refractivity contribution in [3.63, 3.8) is 0 Å². The van der Waals surface area contributed by atoms with Crippen LogP contribution in [0.15, 0.2) is 72.8 Å². The SMILES string of the molecule is O=C(O)COc1ccc(-c2ccc(CNC(=O)CCCCc3cccc(I)c3)cc2)cc1. The number of nitrogens with one attached hydrogen (secondary N) is 1. The monoisotopic (exact) mass is 543 g/mol. The molecule has 0 bridgehead atoms. The fraction of sp³-hybridized carbons (Fsp3) is 0.231. The van der Waals surface area contributed by atoms with Crippen molar-refractivity contribution in [3.8, 4) is 16.9 Å². The Labute approximate surface area is 202 Å². The number of carboxylic acid groups (broad SMARTS) is 1. The number of ether oxygens (including phenoxy) is 1. The standard InChI is InChI=1S/C26H26INO4/c27-23-6-3-5-19(16-23)4-1-2-7-25(29)28-17-20-8-10-21(11-9-20)22-12-14-24(15-13-22)32-18-26(30)31/h3,5-6,8-16H,1-2,4,7,17-18H2,(H,28,29)(H,30,31). The number of halogens is 1. The van der Waals surface area contributed by atoms with Crippen LogP contribution in [0, 0.1) is 3.57 Å². The van der Waals surface area contributed by atoms with Crippen LogP contribution < -0.4 is 10.1 Å². The number of rotatable bonds is 11. The van der Waals surface area contributed by atoms with Crippen molar-refractivity contribution in [1.82, 2.24) is 5.32 Å². The van der Waals surface area contributed by atoms with Gasteiger partial charge in [0.15, 0.2) is 6.61 Å². The first-order chi connectivity index (χ1) is 15.5. The number of unbranched alkanes of at least 4 members (excludes halogenated alkanes) is 1. The maximum absolute atomic E-state index is 12.1. The lowest BCUT2D eigenvalue weighted by atomic mass is 10.0. The van der Waals surface area contributed by atoms with E-state index in [1.807, 2.05) is 36.4 Å². The Morgan fingerprint density at radius 2 is 1.56 bits per heavy atom. The van der Waals surface area contributed by atoms with Crippen LogP contribution in [0.5, 0.6) is 5.75 Å². The molecule has 32 heavy (non-hydrogen) atoms. The predicted octanol–water partition coefficient (Wildman–Crippen LogP) is 5.45. The lowest BCUT2D eigenvalue weighted by Crippen LogP contribution is -2.22. The summed E-state index contributed by atoms with van der Waals surface area (Å²) in [6.07, 6.45) is 3.42. The Morgan fingerprint density at radius 1 is 0.875 bits per heavy atom. The van der Waals surface area contributed by atoms with Crippen LogP contribution in [0.2, 0.25) is 0 Å². The summed E-state index contributed by atoms with van der Waals surface area (Å²) in [5, 5.41) is 11.7. The first-order valence-corrected chi connectivity index (χ1v) is 11.6. The van der Waals surface area contributed by atoms with Gasteiger partial charge in [0.1, 0.15) is 5.75 Å². The van der Waals surface area contributed by atoms with Crippen LogP contribution in [0.4, 0.5) is 0 Å². The molecule has 0 aromatic heterocycles. The molecule has 0 saturated carbocycles. The van der Waals surface area contributed by atoms with Gasteiger partial charge in [0.2, 0.25) is 5.91 Å². The third kappa shape index (κ3) is 8.00. The summed E-state index contributed by atoms with van der Waals surface area (Å²) in [5.41, 5.74) is 4.42. The summed E-state index contributed by atoms with van der Waals surface area (Å²) < 4.78 is 6.40. The van der Waals surface area contributed by atoms with Gasteiger partial charge < -0.3 is 15.2 Å². The molecule has 3 aromatic rings. The third-order valence-electron chi connectivity index (χ3n) is 5.00. The number of benzene rings is 3. The zero-order chi connectivity index (χ0) is 22.8. The van der Waals surface area contributed by atoms with Crippen LogP contribution in [-0.4, -0.2) is 23.6 Å². The Hall–Kier alpha value is -2.87. The molecule has 166 valence electrons. The minimum absolute atomic E-state index is 0.0775. The second kappa shape index (κ2) is 12.2. The van der Waals surface area contributed by atoms with Gasteiger partial charge in [-0.15, -0.1) is 0 Å². The van der Waals surface area contributed by atoms with Gasteiger partial charge in [-0.05, 0) is 88.4 Å². The molecule has 3 rings (SSSR count). The Balaban J connectivity index is 1.39. The highest BCUT2D eigenvalue weighted by Gasteiger charge is 2.04. The van der Waals surface area contributed by atoms with Crippen molar-refractivity contribution in [2.75, 3.05) is 6.61 Å². The van der Waals surface area contributed by atoms with E-state index in [1.165, 1.54) is 9.13 Å². The van der Waals surface area contributed by atoms with Crippen molar-refractivity contribution in [2.24, 2.45) is 0 Å². The average Bonchev–Trinajstić information content (AvgIpc) is 2.80. The molecule has 0 radical (unpaired) electrons. The van der Waals surface area contributed by atoms with Gasteiger partial charge in [-0.2, -0.15) is 0 Å². The van der Waals surface area contributed by atoms with Gasteiger partial charge >= 0.3 is 5.97 Å². The molecule has 2 N–H and O–H groups in total. The van der Waals surface area contributed by atoms with Crippen LogP contribution in [0.25, 0.3) is 11.1 Å². The number of aliphatic carboxylic acids is 1. The zero-order valence-corrected chi connectivity index (χ0v) is 19.9. The van der Waals surface area contributed by atoms with E-state index in [-0.39, 0.29) is 12.5 Å². The molecule has 0 saturated heterocycles. The minimum atomic E-state index is -1.00. The van der Waals surface area contributed by atoms with Crippen molar-refractivity contribution in [2.45, 2.75) is 32.2 Å². The van der Waals surface area contributed by atoms with Gasteiger partial charge in [-0.25, -0.2) is 4.79 Å². The number of aryl methyl sites for hydroxylation is 1. The van der Waals surface area contributed by atoms with E-state index in [0.717, 1.165) is 36.0 Å². The highest BCUT2D eigenvalue weighted by molar-refractivity contribution is 14.1. The molecule has 0 fully saturated rings. The molecule has 0 unspecified atom stereocenters.